The number of amides is 7. The van der Waals surface area contributed by atoms with Crippen LogP contribution in [0, 0.1) is 17.8 Å². The molecule has 2 fully saturated rings. The van der Waals surface area contributed by atoms with Crippen molar-refractivity contribution in [3.8, 4) is 0 Å². The van der Waals surface area contributed by atoms with E-state index in [-0.39, 0.29) is 49.9 Å². The van der Waals surface area contributed by atoms with Gasteiger partial charge in [0, 0.05) is 38.3 Å². The van der Waals surface area contributed by atoms with E-state index in [0.29, 0.717) is 31.1 Å². The second-order valence-electron chi connectivity index (χ2n) is 17.9. The minimum absolute atomic E-state index is 0.00468. The van der Waals surface area contributed by atoms with Gasteiger partial charge in [-0.15, -0.1) is 0 Å². The summed E-state index contributed by atoms with van der Waals surface area (Å²) in [5.74, 6) is -6.08. The van der Waals surface area contributed by atoms with Gasteiger partial charge in [-0.1, -0.05) is 83.2 Å². The molecule has 10 N–H and O–H groups in total. The van der Waals surface area contributed by atoms with Gasteiger partial charge >= 0.3 is 5.97 Å². The van der Waals surface area contributed by atoms with Crippen LogP contribution in [0.1, 0.15) is 124 Å². The third-order valence-corrected chi connectivity index (χ3v) is 12.0. The fourth-order valence-electron chi connectivity index (χ4n) is 8.67. The third-order valence-electron chi connectivity index (χ3n) is 12.0. The van der Waals surface area contributed by atoms with Gasteiger partial charge in [-0.25, -0.2) is 4.79 Å². The molecule has 0 radical (unpaired) electrons. The lowest BCUT2D eigenvalue weighted by molar-refractivity contribution is -0.149. The van der Waals surface area contributed by atoms with Gasteiger partial charge < -0.3 is 52.9 Å². The molecular weight excluding hydrogens is 813 g/mol. The largest absolute Gasteiger partial charge is 0.480 e. The van der Waals surface area contributed by atoms with E-state index >= 15 is 0 Å². The molecule has 3 rings (SSSR count). The highest BCUT2D eigenvalue weighted by Crippen LogP contribution is 2.30. The van der Waals surface area contributed by atoms with Crippen LogP contribution < -0.4 is 38.1 Å². The molecule has 0 aliphatic heterocycles. The Morgan fingerprint density at radius 3 is 1.94 bits per heavy atom. The van der Waals surface area contributed by atoms with E-state index < -0.39 is 102 Å². The lowest BCUT2D eigenvalue weighted by Gasteiger charge is -2.44. The number of benzene rings is 1. The third kappa shape index (κ3) is 17.0. The molecule has 2 aliphatic carbocycles. The summed E-state index contributed by atoms with van der Waals surface area (Å²) < 4.78 is 0. The number of nitrogens with zero attached hydrogens (tertiary/aromatic N) is 1. The summed E-state index contributed by atoms with van der Waals surface area (Å²) in [7, 11) is 0. The normalized spacial score (nSPS) is 20.7. The Hall–Kier alpha value is -5.39. The van der Waals surface area contributed by atoms with Crippen LogP contribution in [-0.2, 0) is 49.6 Å². The van der Waals surface area contributed by atoms with E-state index in [1.54, 1.807) is 30.3 Å². The van der Waals surface area contributed by atoms with E-state index in [4.69, 9.17) is 11.5 Å². The Morgan fingerprint density at radius 1 is 0.778 bits per heavy atom. The average Bonchev–Trinajstić information content (AvgIpc) is 3.22. The molecule has 0 bridgehead atoms. The number of hydrogen-bond acceptors (Lipinski definition) is 10. The highest BCUT2D eigenvalue weighted by atomic mass is 16.4. The first-order valence-corrected chi connectivity index (χ1v) is 22.4. The number of nitrogens with two attached hydrogens (primary N) is 2. The predicted octanol–water partition coefficient (Wildman–Crippen LogP) is 1.36. The number of carbonyl (C=O) groups excluding carboxylic acids is 8. The SMILES string of the molecule is CC(=O)N[C@@H](CCC(N)=O)C(=O)N[C@@H](CC1CCCCC1)C(=O)N[C@@H](CC=O)C(=O)N[C@@H](CC(C)C)C(=O)N(C1CCC(C)C[C@H]1N)[C@@H](C)C(=O)N[C@@H](Cc1ccccc1)C(=O)O. The van der Waals surface area contributed by atoms with Crippen LogP contribution in [0.3, 0.4) is 0 Å². The molecule has 18 heteroatoms. The van der Waals surface area contributed by atoms with Crippen LogP contribution in [0.25, 0.3) is 0 Å². The zero-order valence-electron chi connectivity index (χ0n) is 37.4. The van der Waals surface area contributed by atoms with Crippen LogP contribution in [0.15, 0.2) is 30.3 Å². The first-order valence-electron chi connectivity index (χ1n) is 22.4. The highest BCUT2D eigenvalue weighted by molar-refractivity contribution is 5.97. The fraction of sp³-hybridized carbons (Fsp3) is 0.667. The molecule has 2 aliphatic rings. The quantitative estimate of drug-likeness (QED) is 0.0686. The van der Waals surface area contributed by atoms with Crippen molar-refractivity contribution in [3.63, 3.8) is 0 Å². The first kappa shape index (κ1) is 52.0. The van der Waals surface area contributed by atoms with Crippen LogP contribution in [-0.4, -0.2) is 112 Å². The molecule has 2 saturated carbocycles. The number of hydrogen-bond donors (Lipinski definition) is 8. The molecule has 0 spiro atoms. The van der Waals surface area contributed by atoms with Crippen LogP contribution >= 0.6 is 0 Å². The fourth-order valence-corrected chi connectivity index (χ4v) is 8.67. The molecule has 18 nitrogen and oxygen atoms in total. The van der Waals surface area contributed by atoms with Crippen molar-refractivity contribution in [1.82, 2.24) is 31.5 Å². The Labute approximate surface area is 370 Å². The molecule has 63 heavy (non-hydrogen) atoms. The van der Waals surface area contributed by atoms with Crippen molar-refractivity contribution < 1.29 is 48.3 Å². The van der Waals surface area contributed by atoms with Gasteiger partial charge in [-0.2, -0.15) is 0 Å². The number of carboxylic acid groups (broad SMARTS) is 1. The number of aliphatic carboxylic acids is 1. The predicted molar refractivity (Wildman–Crippen MR) is 234 cm³/mol. The summed E-state index contributed by atoms with van der Waals surface area (Å²) in [4.78, 5) is 120. The lowest BCUT2D eigenvalue weighted by atomic mass is 9.82. The van der Waals surface area contributed by atoms with E-state index in [1.807, 2.05) is 20.8 Å². The molecule has 7 amide bonds. The lowest BCUT2D eigenvalue weighted by Crippen LogP contribution is -2.64. The van der Waals surface area contributed by atoms with Gasteiger partial charge in [0.25, 0.3) is 0 Å². The molecular formula is C45H70N8O10. The van der Waals surface area contributed by atoms with Crippen molar-refractivity contribution in [2.24, 2.45) is 29.2 Å². The number of primary amides is 1. The van der Waals surface area contributed by atoms with E-state index in [1.165, 1.54) is 18.7 Å². The van der Waals surface area contributed by atoms with Crippen LogP contribution in [0.5, 0.6) is 0 Å². The van der Waals surface area contributed by atoms with Gasteiger partial charge in [0.05, 0.1) is 0 Å². The Balaban J connectivity index is 1.92. The standard InChI is InChI=1S/C45H70N8O10/c1-26(2)22-36(44(61)53(38-18-16-27(3)23-32(38)46)28(4)40(57)52-37(45(62)63)25-31-14-10-7-11-15-31)51-42(59)34(20-21-54)49-43(60)35(24-30-12-8-6-9-13-30)50-41(58)33(48-29(5)55)17-19-39(47)56/h7,10-11,14-15,21,26-28,30,32-38H,6,8-9,12-13,16-20,22-25,46H2,1-5H3,(H2,47,56)(H,48,55)(H,49,60)(H,50,58)(H,51,59)(H,52,57)(H,62,63)/t27?,28-,32+,33-,34-,35-,36-,37-,38?/m0/s1. The average molecular weight is 883 g/mol. The summed E-state index contributed by atoms with van der Waals surface area (Å²) in [6.07, 6.45) is 6.12. The van der Waals surface area contributed by atoms with Crippen molar-refractivity contribution in [2.75, 3.05) is 0 Å². The highest BCUT2D eigenvalue weighted by Gasteiger charge is 2.42. The van der Waals surface area contributed by atoms with Crippen molar-refractivity contribution in [3.05, 3.63) is 35.9 Å². The molecule has 2 unspecified atom stereocenters. The number of rotatable bonds is 24. The number of nitrogens with one attached hydrogen (secondary N) is 5. The van der Waals surface area contributed by atoms with Crippen molar-refractivity contribution in [2.45, 2.75) is 173 Å². The molecule has 350 valence electrons. The maximum absolute atomic E-state index is 14.9. The molecule has 0 saturated heterocycles. The summed E-state index contributed by atoms with van der Waals surface area (Å²) in [5, 5.41) is 23.2. The summed E-state index contributed by atoms with van der Waals surface area (Å²) in [6.45, 7) is 8.41. The zero-order chi connectivity index (χ0) is 46.8. The smallest absolute Gasteiger partial charge is 0.326 e. The van der Waals surface area contributed by atoms with Gasteiger partial charge in [-0.3, -0.25) is 33.6 Å². The monoisotopic (exact) mass is 883 g/mol. The van der Waals surface area contributed by atoms with Crippen LogP contribution in [0.2, 0.25) is 0 Å². The maximum atomic E-state index is 14.9. The van der Waals surface area contributed by atoms with E-state index in [0.717, 1.165) is 32.1 Å². The van der Waals surface area contributed by atoms with Gasteiger partial charge in [-0.05, 0) is 68.8 Å². The Bertz CT molecular complexity index is 1740. The van der Waals surface area contributed by atoms with Gasteiger partial charge in [0.15, 0.2) is 0 Å². The number of carbonyl (C=O) groups is 9. The van der Waals surface area contributed by atoms with Crippen LogP contribution in [0.4, 0.5) is 0 Å². The van der Waals surface area contributed by atoms with Gasteiger partial charge in [0.2, 0.25) is 41.4 Å². The van der Waals surface area contributed by atoms with Crippen molar-refractivity contribution >= 4 is 53.6 Å². The zero-order valence-corrected chi connectivity index (χ0v) is 37.4. The molecule has 9 atom stereocenters. The summed E-state index contributed by atoms with van der Waals surface area (Å²) in [5.41, 5.74) is 12.7. The molecule has 0 heterocycles. The summed E-state index contributed by atoms with van der Waals surface area (Å²) >= 11 is 0. The number of carboxylic acids is 1. The molecule has 0 aromatic heterocycles. The molecule has 1 aromatic carbocycles. The Morgan fingerprint density at radius 2 is 1.37 bits per heavy atom. The summed E-state index contributed by atoms with van der Waals surface area (Å²) in [6, 6.07) is -0.0250. The van der Waals surface area contributed by atoms with E-state index in [9.17, 15) is 48.3 Å². The second kappa shape index (κ2) is 25.7. The maximum Gasteiger partial charge on any atom is 0.326 e. The Kier molecular flexibility index (Phi) is 21.2. The minimum atomic E-state index is -1.48. The minimum Gasteiger partial charge on any atom is -0.480 e. The topological polar surface area (TPSA) is 289 Å². The van der Waals surface area contributed by atoms with Gasteiger partial charge in [0.1, 0.15) is 42.5 Å². The molecule has 1 aromatic rings. The second-order valence-corrected chi connectivity index (χ2v) is 17.9. The van der Waals surface area contributed by atoms with E-state index in [2.05, 4.69) is 26.6 Å². The number of aldehydes is 1. The first-order chi connectivity index (χ1) is 29.8. The van der Waals surface area contributed by atoms with Crippen molar-refractivity contribution in [1.29, 1.82) is 0 Å².